The summed E-state index contributed by atoms with van der Waals surface area (Å²) in [6.07, 6.45) is -0.309. The summed E-state index contributed by atoms with van der Waals surface area (Å²) < 4.78 is 22.1. The molecule has 4 nitrogen and oxygen atoms in total. The van der Waals surface area contributed by atoms with Crippen molar-refractivity contribution in [3.05, 3.63) is 29.3 Å². The van der Waals surface area contributed by atoms with E-state index in [1.54, 1.807) is 0 Å². The Morgan fingerprint density at radius 3 is 2.00 bits per heavy atom. The summed E-state index contributed by atoms with van der Waals surface area (Å²) in [5.41, 5.74) is 1.88. The van der Waals surface area contributed by atoms with Crippen LogP contribution in [-0.2, 0) is 9.30 Å². The van der Waals surface area contributed by atoms with Gasteiger partial charge in [0.2, 0.25) is 0 Å². The summed E-state index contributed by atoms with van der Waals surface area (Å²) in [5, 5.41) is 0. The number of ether oxygens (including phenoxy) is 1. The molecule has 0 saturated carbocycles. The van der Waals surface area contributed by atoms with Crippen LogP contribution in [0, 0.1) is 0 Å². The zero-order valence-corrected chi connectivity index (χ0v) is 13.1. The molecule has 0 saturated heterocycles. The van der Waals surface area contributed by atoms with Crippen LogP contribution in [0.15, 0.2) is 18.2 Å². The highest BCUT2D eigenvalue weighted by Gasteiger charge is 2.25. The van der Waals surface area contributed by atoms with Crippen LogP contribution >= 0.6 is 7.60 Å². The van der Waals surface area contributed by atoms with E-state index in [4.69, 9.17) is 9.26 Å². The molecule has 1 aromatic rings. The minimum atomic E-state index is -3.77. The van der Waals surface area contributed by atoms with Crippen LogP contribution in [0.3, 0.4) is 0 Å². The Labute approximate surface area is 115 Å². The van der Waals surface area contributed by atoms with Crippen LogP contribution in [0.1, 0.15) is 50.7 Å². The van der Waals surface area contributed by atoms with Crippen molar-refractivity contribution in [3.63, 3.8) is 0 Å². The number of hydrogen-bond acceptors (Lipinski definition) is 3. The van der Waals surface area contributed by atoms with Crippen molar-refractivity contribution in [2.24, 2.45) is 0 Å². The summed E-state index contributed by atoms with van der Waals surface area (Å²) >= 11 is 0. The fourth-order valence-corrected chi connectivity index (χ4v) is 2.80. The van der Waals surface area contributed by atoms with Gasteiger partial charge in [-0.15, -0.1) is 0 Å². The number of para-hydroxylation sites is 1. The monoisotopic (exact) mass is 286 g/mol. The second-order valence-corrected chi connectivity index (χ2v) is 6.94. The van der Waals surface area contributed by atoms with Gasteiger partial charge in [-0.25, -0.2) is 4.57 Å². The molecule has 0 heterocycles. The van der Waals surface area contributed by atoms with E-state index < -0.39 is 7.60 Å². The third kappa shape index (κ3) is 4.34. The molecule has 0 aromatic heterocycles. The highest BCUT2D eigenvalue weighted by atomic mass is 31.2. The molecule has 0 amide bonds. The van der Waals surface area contributed by atoms with Crippen molar-refractivity contribution in [3.8, 4) is 5.75 Å². The lowest BCUT2D eigenvalue weighted by Crippen LogP contribution is -2.05. The first-order chi connectivity index (χ1) is 8.78. The van der Waals surface area contributed by atoms with Crippen molar-refractivity contribution in [2.45, 2.75) is 39.5 Å². The molecule has 0 bridgehead atoms. The van der Waals surface area contributed by atoms with Crippen molar-refractivity contribution < 1.29 is 18.7 Å². The summed E-state index contributed by atoms with van der Waals surface area (Å²) in [5.74, 6) is 0.961. The predicted octanol–water partition coefficient (Wildman–Crippen LogP) is 4.10. The summed E-state index contributed by atoms with van der Waals surface area (Å²) in [7, 11) is -2.39. The summed E-state index contributed by atoms with van der Waals surface area (Å²) in [6, 6.07) is 5.81. The fourth-order valence-electron chi connectivity index (χ4n) is 1.92. The van der Waals surface area contributed by atoms with Crippen molar-refractivity contribution >= 4 is 7.60 Å². The zero-order chi connectivity index (χ0) is 14.6. The molecular weight excluding hydrogens is 263 g/mol. The molecule has 1 rings (SSSR count). The molecule has 0 aliphatic heterocycles. The first-order valence-corrected chi connectivity index (χ1v) is 8.18. The van der Waals surface area contributed by atoms with Crippen LogP contribution in [-0.4, -0.2) is 18.4 Å². The van der Waals surface area contributed by atoms with Gasteiger partial charge in [0, 0.05) is 7.11 Å². The Hall–Kier alpha value is -0.830. The first-order valence-electron chi connectivity index (χ1n) is 6.41. The fraction of sp³-hybridized carbons (Fsp3) is 0.571. The standard InChI is InChI=1S/C14H23O4P/c1-10(2)12-7-6-8-13(11(3)4)14(12)18-19(15,16)9-17-5/h6-8,10-11H,9H2,1-5H3,(H,15,16). The second kappa shape index (κ2) is 6.56. The zero-order valence-electron chi connectivity index (χ0n) is 12.2. The first kappa shape index (κ1) is 16.2. The van der Waals surface area contributed by atoms with Gasteiger partial charge in [-0.1, -0.05) is 45.9 Å². The van der Waals surface area contributed by atoms with E-state index in [0.29, 0.717) is 5.75 Å². The molecule has 0 aliphatic rings. The van der Waals surface area contributed by atoms with Crippen molar-refractivity contribution in [1.29, 1.82) is 0 Å². The lowest BCUT2D eigenvalue weighted by molar-refractivity contribution is 0.219. The van der Waals surface area contributed by atoms with Gasteiger partial charge in [0.1, 0.15) is 5.75 Å². The van der Waals surface area contributed by atoms with Crippen LogP contribution in [0.4, 0.5) is 0 Å². The maximum Gasteiger partial charge on any atom is 0.402 e. The van der Waals surface area contributed by atoms with E-state index in [2.05, 4.69) is 0 Å². The molecule has 0 aliphatic carbocycles. The minimum absolute atomic E-state index is 0.219. The Kier molecular flexibility index (Phi) is 5.60. The molecule has 1 N–H and O–H groups in total. The maximum absolute atomic E-state index is 11.9. The third-order valence-electron chi connectivity index (χ3n) is 2.85. The Bertz CT molecular complexity index is 442. The van der Waals surface area contributed by atoms with Gasteiger partial charge in [0.05, 0.1) is 0 Å². The largest absolute Gasteiger partial charge is 0.422 e. The predicted molar refractivity (Wildman–Crippen MR) is 76.9 cm³/mol. The van der Waals surface area contributed by atoms with Crippen LogP contribution in [0.5, 0.6) is 5.75 Å². The number of rotatable bonds is 6. The molecule has 19 heavy (non-hydrogen) atoms. The van der Waals surface area contributed by atoms with Crippen LogP contribution < -0.4 is 4.52 Å². The Balaban J connectivity index is 3.25. The van der Waals surface area contributed by atoms with E-state index in [1.807, 2.05) is 45.9 Å². The van der Waals surface area contributed by atoms with E-state index in [0.717, 1.165) is 11.1 Å². The van der Waals surface area contributed by atoms with Gasteiger partial charge in [0.25, 0.3) is 0 Å². The molecule has 108 valence electrons. The summed E-state index contributed by atoms with van der Waals surface area (Å²) in [4.78, 5) is 9.79. The average molecular weight is 286 g/mol. The normalized spacial score (nSPS) is 14.7. The van der Waals surface area contributed by atoms with E-state index in [-0.39, 0.29) is 18.2 Å². The van der Waals surface area contributed by atoms with Gasteiger partial charge < -0.3 is 14.2 Å². The van der Waals surface area contributed by atoms with E-state index in [1.165, 1.54) is 7.11 Å². The molecule has 5 heteroatoms. The van der Waals surface area contributed by atoms with Crippen molar-refractivity contribution in [1.82, 2.24) is 0 Å². The lowest BCUT2D eigenvalue weighted by Gasteiger charge is -2.22. The highest BCUT2D eigenvalue weighted by molar-refractivity contribution is 7.53. The summed E-state index contributed by atoms with van der Waals surface area (Å²) in [6.45, 7) is 8.13. The molecule has 1 unspecified atom stereocenters. The average Bonchev–Trinajstić information content (AvgIpc) is 2.27. The minimum Gasteiger partial charge on any atom is -0.422 e. The number of hydrogen-bond donors (Lipinski definition) is 1. The third-order valence-corrected chi connectivity index (χ3v) is 3.90. The molecule has 0 fully saturated rings. The Morgan fingerprint density at radius 1 is 1.16 bits per heavy atom. The molecular formula is C14H23O4P. The van der Waals surface area contributed by atoms with Gasteiger partial charge in [-0.05, 0) is 23.0 Å². The van der Waals surface area contributed by atoms with Gasteiger partial charge in [-0.3, -0.25) is 0 Å². The molecule has 1 atom stereocenters. The van der Waals surface area contributed by atoms with Crippen molar-refractivity contribution in [2.75, 3.05) is 13.5 Å². The van der Waals surface area contributed by atoms with Crippen LogP contribution in [0.2, 0.25) is 0 Å². The van der Waals surface area contributed by atoms with Gasteiger partial charge >= 0.3 is 7.60 Å². The molecule has 0 radical (unpaired) electrons. The topological polar surface area (TPSA) is 55.8 Å². The number of methoxy groups -OCH3 is 1. The Morgan fingerprint density at radius 2 is 1.63 bits per heavy atom. The lowest BCUT2D eigenvalue weighted by atomic mass is 9.94. The SMILES string of the molecule is COCP(=O)(O)Oc1c(C(C)C)cccc1C(C)C. The smallest absolute Gasteiger partial charge is 0.402 e. The van der Waals surface area contributed by atoms with Gasteiger partial charge in [-0.2, -0.15) is 0 Å². The quantitative estimate of drug-likeness (QED) is 0.800. The van der Waals surface area contributed by atoms with Gasteiger partial charge in [0.15, 0.2) is 6.35 Å². The van der Waals surface area contributed by atoms with E-state index in [9.17, 15) is 9.46 Å². The second-order valence-electron chi connectivity index (χ2n) is 5.22. The number of benzene rings is 1. The van der Waals surface area contributed by atoms with E-state index >= 15 is 0 Å². The van der Waals surface area contributed by atoms with Crippen LogP contribution in [0.25, 0.3) is 0 Å². The maximum atomic E-state index is 11.9. The highest BCUT2D eigenvalue weighted by Crippen LogP contribution is 2.47. The molecule has 1 aromatic carbocycles. The molecule has 0 spiro atoms.